The molecule has 0 radical (unpaired) electrons. The molecule has 0 saturated carbocycles. The molecule has 12 nitrogen and oxygen atoms in total. The number of carboxylic acids is 2. The van der Waals surface area contributed by atoms with E-state index in [1.54, 1.807) is 36.6 Å². The minimum atomic E-state index is -1.53. The predicted octanol–water partition coefficient (Wildman–Crippen LogP) is 3.97. The lowest BCUT2D eigenvalue weighted by atomic mass is 9.70. The van der Waals surface area contributed by atoms with E-state index < -0.39 is 66.0 Å². The van der Waals surface area contributed by atoms with Gasteiger partial charge in [-0.05, 0) is 112 Å². The summed E-state index contributed by atoms with van der Waals surface area (Å²) in [5.41, 5.74) is 13.6. The van der Waals surface area contributed by atoms with Crippen molar-refractivity contribution < 1.29 is 60.9 Å². The van der Waals surface area contributed by atoms with Gasteiger partial charge in [-0.1, -0.05) is 157 Å². The number of rotatable bonds is 14. The molecule has 4 aliphatic carbocycles. The minimum Gasteiger partial charge on any atom is -0.545 e. The number of carbonyl (C=O) groups excluding carboxylic acids is 1. The number of aliphatic hydroxyl groups excluding tert-OH is 7. The van der Waals surface area contributed by atoms with Crippen molar-refractivity contribution in [2.24, 2.45) is 10.8 Å². The fourth-order valence-corrected chi connectivity index (χ4v) is 10.9. The molecule has 12 heteroatoms. The Kier molecular flexibility index (Phi) is 15.6. The number of likely N-dealkylation sites (N-methyl/N-ethyl adjacent to an activating group) is 1. The molecule has 0 heterocycles. The van der Waals surface area contributed by atoms with Crippen LogP contribution in [0, 0.1) is 10.8 Å². The molecule has 8 atom stereocenters. The number of hydrogen-bond acceptors (Lipinski definition) is 10. The molecule has 10 N–H and O–H groups in total. The van der Waals surface area contributed by atoms with E-state index in [2.05, 4.69) is 66.7 Å². The molecule has 4 unspecified atom stereocenters. The van der Waals surface area contributed by atoms with E-state index >= 15 is 0 Å². The maximum absolute atomic E-state index is 11.5. The fraction of sp³-hybridized carbons (Fsp3) is 0.288. The van der Waals surface area contributed by atoms with Gasteiger partial charge in [-0.15, -0.1) is 0 Å². The fourth-order valence-electron chi connectivity index (χ4n) is 10.9. The second kappa shape index (κ2) is 21.8. The van der Waals surface area contributed by atoms with Crippen molar-refractivity contribution in [3.05, 3.63) is 224 Å². The zero-order valence-corrected chi connectivity index (χ0v) is 39.5. The van der Waals surface area contributed by atoms with Gasteiger partial charge >= 0.3 is 5.97 Å². The zero-order valence-electron chi connectivity index (χ0n) is 39.5. The number of hydrogen-bond donors (Lipinski definition) is 9. The van der Waals surface area contributed by atoms with E-state index in [0.29, 0.717) is 12.8 Å². The first-order valence-corrected chi connectivity index (χ1v) is 24.0. The molecule has 6 aromatic rings. The van der Waals surface area contributed by atoms with Gasteiger partial charge in [0.1, 0.15) is 31.0 Å². The van der Waals surface area contributed by atoms with Crippen molar-refractivity contribution in [1.82, 2.24) is 0 Å². The number of benzene rings is 6. The van der Waals surface area contributed by atoms with Crippen LogP contribution in [0.5, 0.6) is 0 Å². The van der Waals surface area contributed by atoms with E-state index in [1.165, 1.54) is 44.5 Å². The SMILES string of the molecule is C[NH2+]CC(O)C(O)C(O)C(O)CO.O=C(O)c1ccc(C[C@@]2(C3=Cc4ccccc4C3)Cc3ccccc3[C@H]2O)cc1.O=C([O-])c1ccc(C[C@@]2(C3=Cc4ccccc4C3)Cc3ccccc3[C@H]2O)cc1. The second-order valence-corrected chi connectivity index (χ2v) is 19.2. The van der Waals surface area contributed by atoms with E-state index in [1.807, 2.05) is 66.7 Å². The van der Waals surface area contributed by atoms with Gasteiger partial charge in [0.05, 0.1) is 37.4 Å². The molecule has 0 spiro atoms. The number of fused-ring (bicyclic) bond motifs is 4. The normalized spacial score (nSPS) is 21.9. The molecule has 0 fully saturated rings. The summed E-state index contributed by atoms with van der Waals surface area (Å²) in [5, 5.41) is 89.9. The monoisotopic (exact) mass is 959 g/mol. The molecule has 0 aliphatic heterocycles. The Labute approximate surface area is 413 Å². The van der Waals surface area contributed by atoms with Gasteiger partial charge in [-0.25, -0.2) is 4.79 Å². The Balaban J connectivity index is 0.000000154. The first-order valence-electron chi connectivity index (χ1n) is 24.0. The standard InChI is InChI=1S/2C26H22O3.C7H17NO5/c2*27-24-23-8-4-3-7-21(23)16-26(24,15-17-9-11-18(12-10-17)25(28)29)22-13-19-5-1-2-6-20(19)14-22;1-8-2-4(10)6(12)7(13)5(11)3-9/h2*1-13,24,27H,14-16H2,(H,28,29);4-13H,2-3H2,1H3/t2*24-,26+;/m11./s1. The molecule has 6 aromatic carbocycles. The van der Waals surface area contributed by atoms with Crippen LogP contribution in [0.15, 0.2) is 157 Å². The number of carboxylic acid groups (broad SMARTS) is 2. The largest absolute Gasteiger partial charge is 0.545 e. The van der Waals surface area contributed by atoms with Crippen molar-refractivity contribution in [3.63, 3.8) is 0 Å². The molecular formula is C59H61NO11. The van der Waals surface area contributed by atoms with Crippen LogP contribution in [-0.2, 0) is 38.5 Å². The van der Waals surface area contributed by atoms with Crippen LogP contribution in [0.4, 0.5) is 0 Å². The highest BCUT2D eigenvalue weighted by Gasteiger charge is 2.50. The quantitative estimate of drug-likeness (QED) is 0.0758. The van der Waals surface area contributed by atoms with E-state index in [9.17, 15) is 40.2 Å². The van der Waals surface area contributed by atoms with E-state index in [0.717, 1.165) is 47.9 Å². The van der Waals surface area contributed by atoms with Crippen LogP contribution >= 0.6 is 0 Å². The highest BCUT2D eigenvalue weighted by molar-refractivity contribution is 5.87. The molecule has 0 amide bonds. The van der Waals surface area contributed by atoms with Crippen LogP contribution in [0.1, 0.15) is 88.6 Å². The summed E-state index contributed by atoms with van der Waals surface area (Å²) in [5.74, 6) is -2.10. The summed E-state index contributed by atoms with van der Waals surface area (Å²) in [6.45, 7) is -0.433. The molecular weight excluding hydrogens is 899 g/mol. The Morgan fingerprint density at radius 1 is 0.577 bits per heavy atom. The van der Waals surface area contributed by atoms with Crippen molar-refractivity contribution in [2.45, 2.75) is 75.1 Å². The van der Waals surface area contributed by atoms with Crippen molar-refractivity contribution in [1.29, 1.82) is 0 Å². The predicted molar refractivity (Wildman–Crippen MR) is 267 cm³/mol. The van der Waals surface area contributed by atoms with Crippen molar-refractivity contribution in [3.8, 4) is 0 Å². The average molecular weight is 960 g/mol. The lowest BCUT2D eigenvalue weighted by molar-refractivity contribution is -0.635. The number of carbonyl (C=O) groups is 2. The molecule has 4 aliphatic rings. The van der Waals surface area contributed by atoms with Crippen LogP contribution in [0.2, 0.25) is 0 Å². The smallest absolute Gasteiger partial charge is 0.335 e. The average Bonchev–Trinajstić information content (AvgIpc) is 4.16. The maximum Gasteiger partial charge on any atom is 0.335 e. The summed E-state index contributed by atoms with van der Waals surface area (Å²) in [4.78, 5) is 22.3. The summed E-state index contributed by atoms with van der Waals surface area (Å²) >= 11 is 0. The van der Waals surface area contributed by atoms with Crippen molar-refractivity contribution >= 4 is 24.1 Å². The minimum absolute atomic E-state index is 0.172. The number of nitrogens with two attached hydrogens (primary N) is 1. The van der Waals surface area contributed by atoms with Gasteiger partial charge in [0.2, 0.25) is 0 Å². The van der Waals surface area contributed by atoms with Gasteiger partial charge < -0.3 is 56.1 Å². The summed E-state index contributed by atoms with van der Waals surface area (Å²) in [6.07, 6.45) is 2.32. The molecule has 0 bridgehead atoms. The summed E-state index contributed by atoms with van der Waals surface area (Å²) < 4.78 is 0. The third-order valence-corrected chi connectivity index (χ3v) is 14.8. The van der Waals surface area contributed by atoms with Crippen LogP contribution in [0.3, 0.4) is 0 Å². The van der Waals surface area contributed by atoms with Gasteiger partial charge in [-0.2, -0.15) is 0 Å². The number of aromatic carboxylic acids is 2. The van der Waals surface area contributed by atoms with Gasteiger partial charge in [0.25, 0.3) is 0 Å². The second-order valence-electron chi connectivity index (χ2n) is 19.2. The third-order valence-electron chi connectivity index (χ3n) is 14.8. The number of quaternary nitrogens is 1. The molecule has 10 rings (SSSR count). The highest BCUT2D eigenvalue weighted by Crippen LogP contribution is 2.56. The third kappa shape index (κ3) is 10.6. The first-order chi connectivity index (χ1) is 34.2. The van der Waals surface area contributed by atoms with E-state index in [4.69, 9.17) is 15.3 Å². The molecule has 71 heavy (non-hydrogen) atoms. The lowest BCUT2D eigenvalue weighted by Crippen LogP contribution is -2.83. The molecule has 0 saturated heterocycles. The zero-order chi connectivity index (χ0) is 50.5. The highest BCUT2D eigenvalue weighted by atomic mass is 16.4. The number of aliphatic hydroxyl groups is 7. The van der Waals surface area contributed by atoms with Crippen LogP contribution in [-0.4, -0.2) is 97.4 Å². The lowest BCUT2D eigenvalue weighted by Gasteiger charge is -2.35. The maximum atomic E-state index is 11.5. The topological polar surface area (TPSA) is 236 Å². The summed E-state index contributed by atoms with van der Waals surface area (Å²) in [6, 6.07) is 46.9. The Bertz CT molecular complexity index is 2730. The molecule has 0 aromatic heterocycles. The van der Waals surface area contributed by atoms with Gasteiger partial charge in [-0.3, -0.25) is 0 Å². The van der Waals surface area contributed by atoms with Gasteiger partial charge in [0, 0.05) is 10.8 Å². The Morgan fingerprint density at radius 2 is 0.972 bits per heavy atom. The van der Waals surface area contributed by atoms with Crippen LogP contribution in [0.25, 0.3) is 12.2 Å². The molecule has 368 valence electrons. The Hall–Kier alpha value is -6.58. The van der Waals surface area contributed by atoms with E-state index in [-0.39, 0.29) is 17.7 Å². The van der Waals surface area contributed by atoms with Gasteiger partial charge in [0.15, 0.2) is 0 Å². The van der Waals surface area contributed by atoms with Crippen LogP contribution < -0.4 is 10.4 Å². The van der Waals surface area contributed by atoms with Crippen molar-refractivity contribution in [2.75, 3.05) is 20.2 Å². The Morgan fingerprint density at radius 3 is 1.35 bits per heavy atom. The first kappa shape index (κ1) is 50.8. The summed E-state index contributed by atoms with van der Waals surface area (Å²) in [7, 11) is 1.70.